The van der Waals surface area contributed by atoms with E-state index in [0.29, 0.717) is 41.4 Å². The summed E-state index contributed by atoms with van der Waals surface area (Å²) in [7, 11) is 0. The lowest BCUT2D eigenvalue weighted by molar-refractivity contribution is -0.118. The Balaban J connectivity index is 1.66. The number of nitriles is 1. The van der Waals surface area contributed by atoms with E-state index in [1.165, 1.54) is 12.1 Å². The third-order valence-corrected chi connectivity index (χ3v) is 8.24. The lowest BCUT2D eigenvalue weighted by Gasteiger charge is -2.44. The van der Waals surface area contributed by atoms with Crippen LogP contribution in [0.4, 0.5) is 10.1 Å². The first-order valence-electron chi connectivity index (χ1n) is 13.6. The van der Waals surface area contributed by atoms with Crippen LogP contribution >= 0.6 is 11.6 Å². The third kappa shape index (κ3) is 5.35. The van der Waals surface area contributed by atoms with Crippen LogP contribution in [-0.4, -0.2) is 5.78 Å². The van der Waals surface area contributed by atoms with E-state index in [1.807, 2.05) is 52.8 Å². The van der Waals surface area contributed by atoms with Crippen molar-refractivity contribution in [3.63, 3.8) is 0 Å². The number of carbonyl (C=O) groups is 1. The molecule has 0 aromatic heterocycles. The van der Waals surface area contributed by atoms with Crippen molar-refractivity contribution in [1.29, 1.82) is 5.26 Å². The second-order valence-corrected chi connectivity index (χ2v) is 12.2. The van der Waals surface area contributed by atoms with Crippen molar-refractivity contribution in [2.45, 2.75) is 60.0 Å². The zero-order valence-corrected chi connectivity index (χ0v) is 24.7. The van der Waals surface area contributed by atoms with Crippen LogP contribution in [0.15, 0.2) is 77.3 Å². The van der Waals surface area contributed by atoms with Crippen molar-refractivity contribution >= 4 is 23.1 Å². The summed E-state index contributed by atoms with van der Waals surface area (Å²) in [5.41, 5.74) is 13.1. The fourth-order valence-corrected chi connectivity index (χ4v) is 6.27. The van der Waals surface area contributed by atoms with E-state index < -0.39 is 11.7 Å². The monoisotopic (exact) mass is 569 g/mol. The molecule has 210 valence electrons. The molecule has 41 heavy (non-hydrogen) atoms. The number of nitrogens with two attached hydrogens (primary N) is 1. The largest absolute Gasteiger partial charge is 0.489 e. The molecule has 1 aliphatic carbocycles. The van der Waals surface area contributed by atoms with Crippen LogP contribution in [0.3, 0.4) is 0 Å². The average molecular weight is 570 g/mol. The molecule has 2 aliphatic rings. The van der Waals surface area contributed by atoms with Gasteiger partial charge in [-0.2, -0.15) is 5.26 Å². The normalized spacial score (nSPS) is 18.3. The highest BCUT2D eigenvalue weighted by molar-refractivity contribution is 6.30. The second-order valence-electron chi connectivity index (χ2n) is 11.8. The van der Waals surface area contributed by atoms with E-state index in [4.69, 9.17) is 22.1 Å². The van der Waals surface area contributed by atoms with Gasteiger partial charge >= 0.3 is 0 Å². The molecular weight excluding hydrogens is 537 g/mol. The number of ether oxygens (including phenoxy) is 1. The van der Waals surface area contributed by atoms with Crippen molar-refractivity contribution < 1.29 is 13.9 Å². The number of anilines is 1. The number of aryl methyl sites for hydroxylation is 3. The van der Waals surface area contributed by atoms with Crippen LogP contribution < -0.4 is 15.4 Å². The van der Waals surface area contributed by atoms with Gasteiger partial charge in [-0.15, -0.1) is 0 Å². The van der Waals surface area contributed by atoms with Crippen LogP contribution in [0.1, 0.15) is 60.4 Å². The highest BCUT2D eigenvalue weighted by Crippen LogP contribution is 2.51. The van der Waals surface area contributed by atoms with Crippen LogP contribution in [0.25, 0.3) is 0 Å². The SMILES string of the molecule is Cc1cc(C)c(C2C(C#N)=C(N)N(c3cccc(F)c3)C3=C2C(=O)CC(C)(C)C3)cc1COc1ccc(Cl)cc1C. The molecule has 2 N–H and O–H groups in total. The Kier molecular flexibility index (Phi) is 7.44. The molecule has 1 heterocycles. The number of hydrogen-bond donors (Lipinski definition) is 1. The zero-order valence-electron chi connectivity index (χ0n) is 23.9. The van der Waals surface area contributed by atoms with Gasteiger partial charge in [-0.1, -0.05) is 43.6 Å². The molecule has 0 bridgehead atoms. The van der Waals surface area contributed by atoms with Gasteiger partial charge in [0.1, 0.15) is 24.0 Å². The van der Waals surface area contributed by atoms with Crippen LogP contribution in [-0.2, 0) is 11.4 Å². The van der Waals surface area contributed by atoms with Gasteiger partial charge in [0, 0.05) is 22.7 Å². The summed E-state index contributed by atoms with van der Waals surface area (Å²) in [5, 5.41) is 11.1. The summed E-state index contributed by atoms with van der Waals surface area (Å²) >= 11 is 6.11. The number of halogens is 2. The van der Waals surface area contributed by atoms with Crippen LogP contribution in [0, 0.1) is 43.3 Å². The molecule has 1 atom stereocenters. The molecule has 5 rings (SSSR count). The molecular formula is C34H33ClFN3O2. The Morgan fingerprint density at radius 1 is 1.07 bits per heavy atom. The first-order chi connectivity index (χ1) is 19.4. The number of nitrogens with zero attached hydrogens (tertiary/aromatic N) is 2. The predicted octanol–water partition coefficient (Wildman–Crippen LogP) is 7.92. The lowest BCUT2D eigenvalue weighted by atomic mass is 9.68. The van der Waals surface area contributed by atoms with E-state index in [-0.39, 0.29) is 22.6 Å². The number of Topliss-reactive ketones (excluding diaryl/α,β-unsaturated/α-hetero) is 1. The van der Waals surface area contributed by atoms with Gasteiger partial charge in [-0.05, 0) is 96.8 Å². The van der Waals surface area contributed by atoms with Gasteiger partial charge < -0.3 is 10.5 Å². The quantitative estimate of drug-likeness (QED) is 0.337. The van der Waals surface area contributed by atoms with E-state index in [2.05, 4.69) is 12.1 Å². The number of ketones is 1. The lowest BCUT2D eigenvalue weighted by Crippen LogP contribution is -2.42. The number of benzene rings is 3. The van der Waals surface area contributed by atoms with Crippen molar-refractivity contribution in [3.05, 3.63) is 116 Å². The standard InChI is InChI=1S/C34H33ClFN3O2/c1-19-11-20(2)26(13-22(19)18-41-30-10-9-23(35)12-21(30)3)31-27(17-37)33(38)39(25-8-6-7-24(36)14-25)28-15-34(4,5)16-29(40)32(28)31/h6-14,31H,15-16,18,38H2,1-5H3. The summed E-state index contributed by atoms with van der Waals surface area (Å²) in [4.78, 5) is 15.6. The van der Waals surface area contributed by atoms with Gasteiger partial charge in [0.05, 0.1) is 23.2 Å². The van der Waals surface area contributed by atoms with E-state index in [9.17, 15) is 14.4 Å². The minimum Gasteiger partial charge on any atom is -0.489 e. The van der Waals surface area contributed by atoms with Crippen molar-refractivity contribution in [1.82, 2.24) is 0 Å². The Labute approximate surface area is 245 Å². The van der Waals surface area contributed by atoms with Gasteiger partial charge in [0.2, 0.25) is 0 Å². The van der Waals surface area contributed by atoms with Crippen LogP contribution in [0.5, 0.6) is 5.75 Å². The molecule has 0 amide bonds. The highest BCUT2D eigenvalue weighted by Gasteiger charge is 2.45. The number of carbonyl (C=O) groups excluding carboxylic acids is 1. The first-order valence-corrected chi connectivity index (χ1v) is 14.0. The fourth-order valence-electron chi connectivity index (χ4n) is 6.04. The molecule has 3 aromatic rings. The maximum Gasteiger partial charge on any atom is 0.162 e. The minimum atomic E-state index is -0.639. The summed E-state index contributed by atoms with van der Waals surface area (Å²) in [6.07, 6.45) is 0.895. The summed E-state index contributed by atoms with van der Waals surface area (Å²) in [6, 6.07) is 18.0. The van der Waals surface area contributed by atoms with Crippen molar-refractivity contribution in [2.24, 2.45) is 11.1 Å². The number of allylic oxidation sites excluding steroid dienone is 3. The van der Waals surface area contributed by atoms with Gasteiger partial charge in [-0.25, -0.2) is 4.39 Å². The molecule has 0 spiro atoms. The fraction of sp³-hybridized carbons (Fsp3) is 0.294. The third-order valence-electron chi connectivity index (χ3n) is 8.00. The summed E-state index contributed by atoms with van der Waals surface area (Å²) in [5.74, 6) is -0.148. The molecule has 0 saturated heterocycles. The van der Waals surface area contributed by atoms with Crippen molar-refractivity contribution in [2.75, 3.05) is 4.90 Å². The van der Waals surface area contributed by atoms with Gasteiger partial charge in [0.25, 0.3) is 0 Å². The van der Waals surface area contributed by atoms with Crippen molar-refractivity contribution in [3.8, 4) is 11.8 Å². The van der Waals surface area contributed by atoms with E-state index in [0.717, 1.165) is 33.6 Å². The Morgan fingerprint density at radius 2 is 1.83 bits per heavy atom. The second kappa shape index (κ2) is 10.7. The average Bonchev–Trinajstić information content (AvgIpc) is 2.88. The Hall–Kier alpha value is -4.08. The first kappa shape index (κ1) is 28.4. The summed E-state index contributed by atoms with van der Waals surface area (Å²) < 4.78 is 20.5. The Bertz CT molecular complexity index is 1680. The predicted molar refractivity (Wildman–Crippen MR) is 160 cm³/mol. The van der Waals surface area contributed by atoms with E-state index in [1.54, 1.807) is 23.1 Å². The molecule has 1 unspecified atom stereocenters. The molecule has 0 saturated carbocycles. The molecule has 5 nitrogen and oxygen atoms in total. The minimum absolute atomic E-state index is 0.0301. The molecule has 7 heteroatoms. The van der Waals surface area contributed by atoms with Gasteiger partial charge in [0.15, 0.2) is 5.78 Å². The van der Waals surface area contributed by atoms with E-state index >= 15 is 0 Å². The number of rotatable bonds is 5. The molecule has 3 aromatic carbocycles. The zero-order chi connectivity index (χ0) is 29.6. The molecule has 1 aliphatic heterocycles. The molecule has 0 radical (unpaired) electrons. The van der Waals surface area contributed by atoms with Crippen LogP contribution in [0.2, 0.25) is 5.02 Å². The maximum absolute atomic E-state index is 14.3. The smallest absolute Gasteiger partial charge is 0.162 e. The van der Waals surface area contributed by atoms with Gasteiger partial charge in [-0.3, -0.25) is 9.69 Å². The number of hydrogen-bond acceptors (Lipinski definition) is 5. The highest BCUT2D eigenvalue weighted by atomic mass is 35.5. The topological polar surface area (TPSA) is 79.4 Å². The Morgan fingerprint density at radius 3 is 2.51 bits per heavy atom. The molecule has 0 fully saturated rings. The summed E-state index contributed by atoms with van der Waals surface area (Å²) in [6.45, 7) is 10.3. The maximum atomic E-state index is 14.3.